The number of nitrogens with zero attached hydrogens (tertiary/aromatic N) is 3. The Balaban J connectivity index is 1.43. The maximum Gasteiger partial charge on any atom is 0.191 e. The van der Waals surface area contributed by atoms with E-state index in [1.54, 1.807) is 0 Å². The van der Waals surface area contributed by atoms with Gasteiger partial charge in [0.15, 0.2) is 5.96 Å². The molecule has 0 bridgehead atoms. The molecule has 0 atom stereocenters. The average Bonchev–Trinajstić information content (AvgIpc) is 3.19. The van der Waals surface area contributed by atoms with Crippen LogP contribution in [0.4, 0.5) is 5.69 Å². The molecule has 1 aliphatic heterocycles. The van der Waals surface area contributed by atoms with Crippen molar-refractivity contribution in [2.24, 2.45) is 4.99 Å². The van der Waals surface area contributed by atoms with Gasteiger partial charge in [-0.3, -0.25) is 4.99 Å². The zero-order valence-electron chi connectivity index (χ0n) is 14.8. The SMILES string of the molecule is CN=C(NCCn1cccc1)NCc1ccc(N2CCSCC2)cc1. The minimum Gasteiger partial charge on any atom is -0.370 e. The van der Waals surface area contributed by atoms with Crippen LogP contribution in [0.3, 0.4) is 0 Å². The van der Waals surface area contributed by atoms with Gasteiger partial charge in [-0.15, -0.1) is 0 Å². The molecule has 0 spiro atoms. The molecule has 0 radical (unpaired) electrons. The standard InChI is InChI=1S/C19H27N5S/c1-20-19(21-8-11-23-9-2-3-10-23)22-16-17-4-6-18(7-5-17)24-12-14-25-15-13-24/h2-7,9-10H,8,11-16H2,1H3,(H2,20,21,22). The minimum atomic E-state index is 0.777. The van der Waals surface area contributed by atoms with Gasteiger partial charge in [0.05, 0.1) is 0 Å². The third kappa shape index (κ3) is 5.46. The molecule has 134 valence electrons. The van der Waals surface area contributed by atoms with Crippen molar-refractivity contribution in [3.8, 4) is 0 Å². The van der Waals surface area contributed by atoms with Crippen molar-refractivity contribution in [2.45, 2.75) is 13.1 Å². The Hall–Kier alpha value is -2.08. The molecule has 25 heavy (non-hydrogen) atoms. The first-order valence-electron chi connectivity index (χ1n) is 8.82. The summed E-state index contributed by atoms with van der Waals surface area (Å²) < 4.78 is 2.15. The first-order valence-corrected chi connectivity index (χ1v) is 9.97. The van der Waals surface area contributed by atoms with Gasteiger partial charge in [0, 0.05) is 69.4 Å². The summed E-state index contributed by atoms with van der Waals surface area (Å²) >= 11 is 2.04. The third-order valence-corrected chi connectivity index (χ3v) is 5.27. The van der Waals surface area contributed by atoms with Crippen molar-refractivity contribution in [3.63, 3.8) is 0 Å². The van der Waals surface area contributed by atoms with E-state index < -0.39 is 0 Å². The number of hydrogen-bond donors (Lipinski definition) is 2. The lowest BCUT2D eigenvalue weighted by molar-refractivity contribution is 0.665. The quantitative estimate of drug-likeness (QED) is 0.616. The van der Waals surface area contributed by atoms with Gasteiger partial charge in [-0.2, -0.15) is 11.8 Å². The van der Waals surface area contributed by atoms with E-state index in [9.17, 15) is 0 Å². The Morgan fingerprint density at radius 2 is 1.80 bits per heavy atom. The number of aliphatic imine (C=N–C) groups is 1. The number of nitrogens with one attached hydrogen (secondary N) is 2. The first kappa shape index (κ1) is 17.7. The summed E-state index contributed by atoms with van der Waals surface area (Å²) in [6, 6.07) is 13.0. The van der Waals surface area contributed by atoms with Crippen molar-refractivity contribution in [3.05, 3.63) is 54.4 Å². The van der Waals surface area contributed by atoms with E-state index in [4.69, 9.17) is 0 Å². The number of aromatic nitrogens is 1. The lowest BCUT2D eigenvalue weighted by Crippen LogP contribution is -2.38. The fourth-order valence-electron chi connectivity index (χ4n) is 2.88. The van der Waals surface area contributed by atoms with Crippen LogP contribution in [0.5, 0.6) is 0 Å². The molecular weight excluding hydrogens is 330 g/mol. The fraction of sp³-hybridized carbons (Fsp3) is 0.421. The van der Waals surface area contributed by atoms with Crippen LogP contribution in [-0.2, 0) is 13.1 Å². The van der Waals surface area contributed by atoms with Crippen LogP contribution >= 0.6 is 11.8 Å². The average molecular weight is 358 g/mol. The second-order valence-corrected chi connectivity index (χ2v) is 7.26. The monoisotopic (exact) mass is 357 g/mol. The van der Waals surface area contributed by atoms with Crippen LogP contribution in [0.25, 0.3) is 0 Å². The second kappa shape index (κ2) is 9.42. The predicted molar refractivity (Wildman–Crippen MR) is 109 cm³/mol. The lowest BCUT2D eigenvalue weighted by Gasteiger charge is -2.28. The van der Waals surface area contributed by atoms with Crippen LogP contribution in [0, 0.1) is 0 Å². The molecule has 1 fully saturated rings. The van der Waals surface area contributed by atoms with E-state index >= 15 is 0 Å². The van der Waals surface area contributed by atoms with Gasteiger partial charge in [0.2, 0.25) is 0 Å². The van der Waals surface area contributed by atoms with E-state index in [0.29, 0.717) is 0 Å². The Morgan fingerprint density at radius 1 is 1.08 bits per heavy atom. The van der Waals surface area contributed by atoms with E-state index in [-0.39, 0.29) is 0 Å². The number of guanidine groups is 1. The lowest BCUT2D eigenvalue weighted by atomic mass is 10.2. The number of rotatable bonds is 6. The van der Waals surface area contributed by atoms with Crippen LogP contribution in [0.2, 0.25) is 0 Å². The van der Waals surface area contributed by atoms with Crippen molar-refractivity contribution in [1.29, 1.82) is 0 Å². The maximum atomic E-state index is 4.29. The van der Waals surface area contributed by atoms with E-state index in [1.165, 1.54) is 22.8 Å². The van der Waals surface area contributed by atoms with Crippen LogP contribution in [0.15, 0.2) is 53.8 Å². The van der Waals surface area contributed by atoms with Crippen molar-refractivity contribution >= 4 is 23.4 Å². The van der Waals surface area contributed by atoms with Gasteiger partial charge in [0.1, 0.15) is 0 Å². The Labute approximate surface area is 154 Å². The van der Waals surface area contributed by atoms with Gasteiger partial charge >= 0.3 is 0 Å². The normalized spacial score (nSPS) is 15.2. The first-order chi connectivity index (χ1) is 12.3. The minimum absolute atomic E-state index is 0.777. The highest BCUT2D eigenvalue weighted by atomic mass is 32.2. The number of thioether (sulfide) groups is 1. The summed E-state index contributed by atoms with van der Waals surface area (Å²) in [6.07, 6.45) is 4.14. The second-order valence-electron chi connectivity index (χ2n) is 6.04. The van der Waals surface area contributed by atoms with E-state index in [2.05, 4.69) is 61.8 Å². The number of anilines is 1. The Morgan fingerprint density at radius 3 is 2.48 bits per heavy atom. The Kier molecular flexibility index (Phi) is 6.68. The highest BCUT2D eigenvalue weighted by molar-refractivity contribution is 7.99. The molecule has 1 aromatic carbocycles. The maximum absolute atomic E-state index is 4.29. The molecule has 6 heteroatoms. The molecular formula is C19H27N5S. The van der Waals surface area contributed by atoms with Crippen molar-refractivity contribution in [1.82, 2.24) is 15.2 Å². The topological polar surface area (TPSA) is 44.6 Å². The molecule has 2 N–H and O–H groups in total. The molecule has 1 aromatic heterocycles. The van der Waals surface area contributed by atoms with Crippen LogP contribution < -0.4 is 15.5 Å². The third-order valence-electron chi connectivity index (χ3n) is 4.32. The largest absolute Gasteiger partial charge is 0.370 e. The van der Waals surface area contributed by atoms with Gasteiger partial charge in [-0.25, -0.2) is 0 Å². The molecule has 2 heterocycles. The molecule has 0 aliphatic carbocycles. The molecule has 5 nitrogen and oxygen atoms in total. The van der Waals surface area contributed by atoms with Crippen molar-refractivity contribution < 1.29 is 0 Å². The zero-order chi connectivity index (χ0) is 17.3. The molecule has 3 rings (SSSR count). The summed E-state index contributed by atoms with van der Waals surface area (Å²) in [4.78, 5) is 6.76. The van der Waals surface area contributed by atoms with Gasteiger partial charge in [-0.1, -0.05) is 12.1 Å². The molecule has 1 aliphatic rings. The number of benzene rings is 1. The zero-order valence-corrected chi connectivity index (χ0v) is 15.6. The summed E-state index contributed by atoms with van der Waals surface area (Å²) in [5.41, 5.74) is 2.60. The molecule has 1 saturated heterocycles. The highest BCUT2D eigenvalue weighted by Crippen LogP contribution is 2.19. The summed E-state index contributed by atoms with van der Waals surface area (Å²) in [6.45, 7) is 4.86. The fourth-order valence-corrected chi connectivity index (χ4v) is 3.78. The van der Waals surface area contributed by atoms with Crippen LogP contribution in [-0.4, -0.2) is 48.7 Å². The highest BCUT2D eigenvalue weighted by Gasteiger charge is 2.10. The van der Waals surface area contributed by atoms with Gasteiger partial charge in [0.25, 0.3) is 0 Å². The molecule has 0 unspecified atom stereocenters. The van der Waals surface area contributed by atoms with Gasteiger partial charge < -0.3 is 20.1 Å². The Bertz CT molecular complexity index is 645. The van der Waals surface area contributed by atoms with Gasteiger partial charge in [-0.05, 0) is 29.8 Å². The summed E-state index contributed by atoms with van der Waals surface area (Å²) in [5.74, 6) is 3.30. The predicted octanol–water partition coefficient (Wildman–Crippen LogP) is 2.41. The van der Waals surface area contributed by atoms with E-state index in [0.717, 1.165) is 38.7 Å². The summed E-state index contributed by atoms with van der Waals surface area (Å²) in [7, 11) is 1.81. The summed E-state index contributed by atoms with van der Waals surface area (Å²) in [5, 5.41) is 6.73. The molecule has 0 saturated carbocycles. The molecule has 2 aromatic rings. The smallest absolute Gasteiger partial charge is 0.191 e. The number of hydrogen-bond acceptors (Lipinski definition) is 3. The van der Waals surface area contributed by atoms with E-state index in [1.807, 2.05) is 30.9 Å². The van der Waals surface area contributed by atoms with Crippen molar-refractivity contribution in [2.75, 3.05) is 43.1 Å². The molecule has 0 amide bonds. The van der Waals surface area contributed by atoms with Crippen LogP contribution in [0.1, 0.15) is 5.56 Å².